The maximum Gasteiger partial charge on any atom is 0.0900 e. The molecule has 0 spiro atoms. The topological polar surface area (TPSA) is 32.7 Å². The van der Waals surface area contributed by atoms with Crippen LogP contribution in [0, 0.1) is 17.8 Å². The van der Waals surface area contributed by atoms with Crippen LogP contribution in [0.25, 0.3) is 0 Å². The van der Waals surface area contributed by atoms with Gasteiger partial charge in [0.05, 0.1) is 18.8 Å². The molecule has 0 saturated heterocycles. The molecular weight excluding hydrogens is 322 g/mol. The van der Waals surface area contributed by atoms with Crippen LogP contribution in [0.4, 0.5) is 0 Å². The lowest BCUT2D eigenvalue weighted by Gasteiger charge is -2.38. The standard InChI is InChI=1S/C20H39NO2.ClH/c1-15(2)19-11-10-16(3)12-20(19)23-14-18(22)13-21(4)17-8-6-5-7-9-17;/h15-20,22H,5-14H2,1-4H3;1H. The molecule has 144 valence electrons. The van der Waals surface area contributed by atoms with Crippen LogP contribution in [0.5, 0.6) is 0 Å². The van der Waals surface area contributed by atoms with E-state index in [4.69, 9.17) is 4.74 Å². The highest BCUT2D eigenvalue weighted by Gasteiger charge is 2.32. The van der Waals surface area contributed by atoms with Crippen molar-refractivity contribution in [2.24, 2.45) is 17.8 Å². The zero-order chi connectivity index (χ0) is 16.8. The number of halogens is 1. The monoisotopic (exact) mass is 361 g/mol. The van der Waals surface area contributed by atoms with Crippen LogP contribution in [0.3, 0.4) is 0 Å². The van der Waals surface area contributed by atoms with Gasteiger partial charge in [0.1, 0.15) is 0 Å². The van der Waals surface area contributed by atoms with E-state index in [1.54, 1.807) is 0 Å². The van der Waals surface area contributed by atoms with E-state index in [1.165, 1.54) is 44.9 Å². The Labute approximate surface area is 155 Å². The van der Waals surface area contributed by atoms with E-state index in [0.717, 1.165) is 18.9 Å². The molecule has 1 N–H and O–H groups in total. The zero-order valence-electron chi connectivity index (χ0n) is 16.2. The summed E-state index contributed by atoms with van der Waals surface area (Å²) in [5.41, 5.74) is 0. The van der Waals surface area contributed by atoms with Gasteiger partial charge in [-0.15, -0.1) is 12.4 Å². The van der Waals surface area contributed by atoms with Crippen LogP contribution in [0.1, 0.15) is 72.1 Å². The molecule has 2 fully saturated rings. The summed E-state index contributed by atoms with van der Waals surface area (Å²) in [6.45, 7) is 8.20. The van der Waals surface area contributed by atoms with Crippen LogP contribution < -0.4 is 0 Å². The Morgan fingerprint density at radius 1 is 1.08 bits per heavy atom. The lowest BCUT2D eigenvalue weighted by atomic mass is 9.75. The van der Waals surface area contributed by atoms with Crippen molar-refractivity contribution in [3.63, 3.8) is 0 Å². The fraction of sp³-hybridized carbons (Fsp3) is 1.00. The summed E-state index contributed by atoms with van der Waals surface area (Å²) in [6.07, 6.45) is 10.4. The number of aliphatic hydroxyl groups excluding tert-OH is 1. The molecular formula is C20H40ClNO2. The molecule has 2 aliphatic rings. The quantitative estimate of drug-likeness (QED) is 0.724. The first-order chi connectivity index (χ1) is 11.0. The summed E-state index contributed by atoms with van der Waals surface area (Å²) < 4.78 is 6.20. The number of nitrogens with zero attached hydrogens (tertiary/aromatic N) is 1. The Kier molecular flexibility index (Phi) is 10.2. The van der Waals surface area contributed by atoms with Crippen LogP contribution in [-0.2, 0) is 4.74 Å². The summed E-state index contributed by atoms with van der Waals surface area (Å²) in [6, 6.07) is 0.663. The van der Waals surface area contributed by atoms with Crippen molar-refractivity contribution in [1.82, 2.24) is 4.90 Å². The van der Waals surface area contributed by atoms with E-state index in [9.17, 15) is 5.11 Å². The summed E-state index contributed by atoms with van der Waals surface area (Å²) in [7, 11) is 2.17. The van der Waals surface area contributed by atoms with E-state index >= 15 is 0 Å². The average Bonchev–Trinajstić information content (AvgIpc) is 2.53. The van der Waals surface area contributed by atoms with E-state index in [1.807, 2.05) is 0 Å². The van der Waals surface area contributed by atoms with E-state index in [-0.39, 0.29) is 18.5 Å². The molecule has 0 aliphatic heterocycles. The molecule has 2 saturated carbocycles. The van der Waals surface area contributed by atoms with E-state index in [2.05, 4.69) is 32.7 Å². The molecule has 0 amide bonds. The summed E-state index contributed by atoms with van der Waals surface area (Å²) >= 11 is 0. The first-order valence-electron chi connectivity index (χ1n) is 9.97. The van der Waals surface area contributed by atoms with Gasteiger partial charge < -0.3 is 14.7 Å². The van der Waals surface area contributed by atoms with Crippen LogP contribution in [0.2, 0.25) is 0 Å². The van der Waals surface area contributed by atoms with Crippen molar-refractivity contribution in [3.05, 3.63) is 0 Å². The molecule has 0 bridgehead atoms. The van der Waals surface area contributed by atoms with Gasteiger partial charge in [-0.05, 0) is 50.5 Å². The van der Waals surface area contributed by atoms with Crippen LogP contribution in [-0.4, -0.2) is 48.5 Å². The molecule has 0 radical (unpaired) electrons. The number of ether oxygens (including phenoxy) is 1. The number of aliphatic hydroxyl groups is 1. The lowest BCUT2D eigenvalue weighted by Crippen LogP contribution is -2.42. The largest absolute Gasteiger partial charge is 0.389 e. The zero-order valence-corrected chi connectivity index (χ0v) is 17.1. The molecule has 4 unspecified atom stereocenters. The van der Waals surface area contributed by atoms with Crippen molar-refractivity contribution < 1.29 is 9.84 Å². The fourth-order valence-electron chi connectivity index (χ4n) is 4.60. The second-order valence-electron chi connectivity index (χ2n) is 8.58. The number of rotatable bonds is 7. The second kappa shape index (κ2) is 11.0. The molecule has 0 aromatic heterocycles. The van der Waals surface area contributed by atoms with Gasteiger partial charge in [0.25, 0.3) is 0 Å². The van der Waals surface area contributed by atoms with Crippen molar-refractivity contribution in [2.45, 2.75) is 90.4 Å². The molecule has 0 aromatic carbocycles. The number of likely N-dealkylation sites (N-methyl/N-ethyl adjacent to an activating group) is 1. The molecule has 4 atom stereocenters. The number of hydrogen-bond acceptors (Lipinski definition) is 3. The maximum absolute atomic E-state index is 10.4. The van der Waals surface area contributed by atoms with Gasteiger partial charge in [0, 0.05) is 12.6 Å². The molecule has 0 heterocycles. The van der Waals surface area contributed by atoms with Gasteiger partial charge >= 0.3 is 0 Å². The normalized spacial score (nSPS) is 30.4. The highest BCUT2D eigenvalue weighted by Crippen LogP contribution is 2.35. The van der Waals surface area contributed by atoms with Crippen molar-refractivity contribution >= 4 is 12.4 Å². The highest BCUT2D eigenvalue weighted by molar-refractivity contribution is 5.85. The van der Waals surface area contributed by atoms with Gasteiger partial charge in [-0.1, -0.05) is 46.5 Å². The minimum absolute atomic E-state index is 0. The molecule has 4 heteroatoms. The third-order valence-electron chi connectivity index (χ3n) is 6.16. The maximum atomic E-state index is 10.4. The minimum Gasteiger partial charge on any atom is -0.389 e. The summed E-state index contributed by atoms with van der Waals surface area (Å²) in [5, 5.41) is 10.4. The van der Waals surface area contributed by atoms with Crippen LogP contribution >= 0.6 is 12.4 Å². The van der Waals surface area contributed by atoms with Crippen LogP contribution in [0.15, 0.2) is 0 Å². The Bertz CT molecular complexity index is 334. The lowest BCUT2D eigenvalue weighted by molar-refractivity contribution is -0.0749. The molecule has 2 rings (SSSR count). The highest BCUT2D eigenvalue weighted by atomic mass is 35.5. The van der Waals surface area contributed by atoms with Crippen molar-refractivity contribution in [1.29, 1.82) is 0 Å². The molecule has 0 aromatic rings. The fourth-order valence-corrected chi connectivity index (χ4v) is 4.60. The average molecular weight is 362 g/mol. The van der Waals surface area contributed by atoms with Crippen molar-refractivity contribution in [2.75, 3.05) is 20.2 Å². The first-order valence-corrected chi connectivity index (χ1v) is 9.97. The van der Waals surface area contributed by atoms with Gasteiger partial charge in [-0.2, -0.15) is 0 Å². The second-order valence-corrected chi connectivity index (χ2v) is 8.58. The molecule has 2 aliphatic carbocycles. The smallest absolute Gasteiger partial charge is 0.0900 e. The Hall–Kier alpha value is 0.170. The van der Waals surface area contributed by atoms with Gasteiger partial charge in [0.15, 0.2) is 0 Å². The third-order valence-corrected chi connectivity index (χ3v) is 6.16. The summed E-state index contributed by atoms with van der Waals surface area (Å²) in [4.78, 5) is 2.36. The third kappa shape index (κ3) is 6.82. The predicted octanol–water partition coefficient (Wildman–Crippen LogP) is 4.51. The SMILES string of the molecule is CC1CCC(C(C)C)C(OCC(O)CN(C)C2CCCCC2)C1.Cl. The molecule has 3 nitrogen and oxygen atoms in total. The van der Waals surface area contributed by atoms with Gasteiger partial charge in [-0.25, -0.2) is 0 Å². The van der Waals surface area contributed by atoms with Gasteiger partial charge in [-0.3, -0.25) is 0 Å². The van der Waals surface area contributed by atoms with Crippen molar-refractivity contribution in [3.8, 4) is 0 Å². The number of hydrogen-bond donors (Lipinski definition) is 1. The predicted molar refractivity (Wildman–Crippen MR) is 104 cm³/mol. The molecule has 24 heavy (non-hydrogen) atoms. The first kappa shape index (κ1) is 22.2. The van der Waals surface area contributed by atoms with E-state index < -0.39 is 0 Å². The Morgan fingerprint density at radius 2 is 1.75 bits per heavy atom. The summed E-state index contributed by atoms with van der Waals surface area (Å²) in [5.74, 6) is 2.10. The minimum atomic E-state index is -0.355. The van der Waals surface area contributed by atoms with E-state index in [0.29, 0.717) is 30.6 Å². The Balaban J connectivity index is 0.00000288. The van der Waals surface area contributed by atoms with Gasteiger partial charge in [0.2, 0.25) is 0 Å². The Morgan fingerprint density at radius 3 is 2.38 bits per heavy atom.